The Labute approximate surface area is 120 Å². The van der Waals surface area contributed by atoms with E-state index < -0.39 is 0 Å². The molecule has 2 rings (SSSR count). The molecule has 0 aliphatic carbocycles. The number of aromatic hydroxyl groups is 1. The van der Waals surface area contributed by atoms with Crippen molar-refractivity contribution >= 4 is 5.96 Å². The van der Waals surface area contributed by atoms with Crippen molar-refractivity contribution in [3.8, 4) is 11.5 Å². The molecule has 1 atom stereocenters. The van der Waals surface area contributed by atoms with Gasteiger partial charge in [0.2, 0.25) is 0 Å². The second-order valence-corrected chi connectivity index (χ2v) is 5.37. The van der Waals surface area contributed by atoms with Crippen molar-refractivity contribution in [3.05, 3.63) is 23.8 Å². The standard InChI is InChI=1S/C15H23N3O2/c1-11-4-3-7-18(10-11)15(16)17-9-12-5-6-14(20-2)13(19)8-12/h5-6,8,11,19H,3-4,7,9-10H2,1-2H3,(H2,16,17). The summed E-state index contributed by atoms with van der Waals surface area (Å²) in [7, 11) is 1.53. The van der Waals surface area contributed by atoms with E-state index in [0.29, 0.717) is 24.2 Å². The average Bonchev–Trinajstić information content (AvgIpc) is 2.45. The van der Waals surface area contributed by atoms with Gasteiger partial charge in [0.15, 0.2) is 17.5 Å². The minimum atomic E-state index is 0.130. The fourth-order valence-corrected chi connectivity index (χ4v) is 2.50. The molecular weight excluding hydrogens is 254 g/mol. The molecule has 0 spiro atoms. The van der Waals surface area contributed by atoms with Gasteiger partial charge in [-0.15, -0.1) is 0 Å². The number of likely N-dealkylation sites (tertiary alicyclic amines) is 1. The Balaban J connectivity index is 1.99. The van der Waals surface area contributed by atoms with Crippen LogP contribution in [0.15, 0.2) is 23.2 Å². The van der Waals surface area contributed by atoms with Gasteiger partial charge in [0.25, 0.3) is 0 Å². The van der Waals surface area contributed by atoms with Gasteiger partial charge < -0.3 is 20.5 Å². The minimum Gasteiger partial charge on any atom is -0.504 e. The highest BCUT2D eigenvalue weighted by molar-refractivity contribution is 5.78. The van der Waals surface area contributed by atoms with Crippen molar-refractivity contribution in [2.45, 2.75) is 26.3 Å². The van der Waals surface area contributed by atoms with Gasteiger partial charge in [0.1, 0.15) is 0 Å². The van der Waals surface area contributed by atoms with Gasteiger partial charge in [0.05, 0.1) is 13.7 Å². The zero-order chi connectivity index (χ0) is 14.5. The van der Waals surface area contributed by atoms with Crippen LogP contribution < -0.4 is 10.5 Å². The number of ether oxygens (including phenoxy) is 1. The first-order valence-corrected chi connectivity index (χ1v) is 7.01. The maximum Gasteiger partial charge on any atom is 0.191 e. The second-order valence-electron chi connectivity index (χ2n) is 5.37. The van der Waals surface area contributed by atoms with E-state index in [4.69, 9.17) is 10.5 Å². The summed E-state index contributed by atoms with van der Waals surface area (Å²) in [4.78, 5) is 6.55. The quantitative estimate of drug-likeness (QED) is 0.654. The summed E-state index contributed by atoms with van der Waals surface area (Å²) in [5, 5.41) is 9.72. The molecule has 1 aliphatic heterocycles. The SMILES string of the molecule is COc1ccc(CN=C(N)N2CCCC(C)C2)cc1O. The van der Waals surface area contributed by atoms with Gasteiger partial charge in [-0.2, -0.15) is 0 Å². The predicted octanol–water partition coefficient (Wildman–Crippen LogP) is 1.95. The lowest BCUT2D eigenvalue weighted by Crippen LogP contribution is -2.43. The van der Waals surface area contributed by atoms with Crippen LogP contribution in [0.25, 0.3) is 0 Å². The fourth-order valence-electron chi connectivity index (χ4n) is 2.50. The maximum atomic E-state index is 9.72. The first-order valence-electron chi connectivity index (χ1n) is 7.01. The van der Waals surface area contributed by atoms with Crippen LogP contribution in [0.5, 0.6) is 11.5 Å². The van der Waals surface area contributed by atoms with Crippen molar-refractivity contribution in [3.63, 3.8) is 0 Å². The monoisotopic (exact) mass is 277 g/mol. The number of benzene rings is 1. The summed E-state index contributed by atoms with van der Waals surface area (Å²) in [6, 6.07) is 5.28. The molecule has 1 saturated heterocycles. The smallest absolute Gasteiger partial charge is 0.191 e. The van der Waals surface area contributed by atoms with E-state index >= 15 is 0 Å². The Morgan fingerprint density at radius 1 is 1.55 bits per heavy atom. The van der Waals surface area contributed by atoms with Crippen LogP contribution in [0.3, 0.4) is 0 Å². The molecule has 5 heteroatoms. The van der Waals surface area contributed by atoms with E-state index in [2.05, 4.69) is 16.8 Å². The Morgan fingerprint density at radius 3 is 3.00 bits per heavy atom. The third kappa shape index (κ3) is 3.56. The van der Waals surface area contributed by atoms with Gasteiger partial charge in [-0.25, -0.2) is 4.99 Å². The molecular formula is C15H23N3O2. The number of nitrogens with two attached hydrogens (primary N) is 1. The first kappa shape index (κ1) is 14.5. The van der Waals surface area contributed by atoms with Gasteiger partial charge in [0, 0.05) is 13.1 Å². The molecule has 1 heterocycles. The summed E-state index contributed by atoms with van der Waals surface area (Å²) in [6.45, 7) is 4.66. The predicted molar refractivity (Wildman–Crippen MR) is 80.0 cm³/mol. The third-order valence-corrected chi connectivity index (χ3v) is 3.65. The van der Waals surface area contributed by atoms with Crippen LogP contribution in [0, 0.1) is 5.92 Å². The van der Waals surface area contributed by atoms with E-state index in [9.17, 15) is 5.11 Å². The number of aliphatic imine (C=N–C) groups is 1. The van der Waals surface area contributed by atoms with Gasteiger partial charge in [-0.1, -0.05) is 13.0 Å². The number of phenolic OH excluding ortho intramolecular Hbond substituents is 1. The average molecular weight is 277 g/mol. The second kappa shape index (κ2) is 6.50. The first-order chi connectivity index (χ1) is 9.60. The Bertz CT molecular complexity index is 488. The van der Waals surface area contributed by atoms with E-state index in [-0.39, 0.29) is 5.75 Å². The molecule has 5 nitrogen and oxygen atoms in total. The van der Waals surface area contributed by atoms with E-state index in [1.54, 1.807) is 12.1 Å². The minimum absolute atomic E-state index is 0.130. The van der Waals surface area contributed by atoms with Crippen LogP contribution in [-0.4, -0.2) is 36.2 Å². The lowest BCUT2D eigenvalue weighted by molar-refractivity contribution is 0.270. The van der Waals surface area contributed by atoms with Crippen LogP contribution in [0.1, 0.15) is 25.3 Å². The van der Waals surface area contributed by atoms with Crippen molar-refractivity contribution < 1.29 is 9.84 Å². The molecule has 1 fully saturated rings. The number of nitrogens with zero attached hydrogens (tertiary/aromatic N) is 2. The van der Waals surface area contributed by atoms with Gasteiger partial charge in [-0.3, -0.25) is 0 Å². The summed E-state index contributed by atoms with van der Waals surface area (Å²) in [5.41, 5.74) is 6.95. The van der Waals surface area contributed by atoms with E-state index in [1.165, 1.54) is 20.0 Å². The molecule has 3 N–H and O–H groups in total. The van der Waals surface area contributed by atoms with Gasteiger partial charge in [-0.05, 0) is 36.5 Å². The largest absolute Gasteiger partial charge is 0.504 e. The van der Waals surface area contributed by atoms with Crippen molar-refractivity contribution in [1.29, 1.82) is 0 Å². The summed E-state index contributed by atoms with van der Waals surface area (Å²) in [5.74, 6) is 1.86. The molecule has 1 aromatic rings. The number of rotatable bonds is 3. The fraction of sp³-hybridized carbons (Fsp3) is 0.533. The number of hydrogen-bond donors (Lipinski definition) is 2. The Morgan fingerprint density at radius 2 is 2.35 bits per heavy atom. The molecule has 0 saturated carbocycles. The van der Waals surface area contributed by atoms with Crippen molar-refractivity contribution in [2.24, 2.45) is 16.6 Å². The highest BCUT2D eigenvalue weighted by Gasteiger charge is 2.17. The van der Waals surface area contributed by atoms with Gasteiger partial charge >= 0.3 is 0 Å². The van der Waals surface area contributed by atoms with E-state index in [0.717, 1.165) is 18.7 Å². The molecule has 1 aliphatic rings. The lowest BCUT2D eigenvalue weighted by atomic mass is 10.0. The van der Waals surface area contributed by atoms with Crippen LogP contribution in [-0.2, 0) is 6.54 Å². The molecule has 1 aromatic carbocycles. The molecule has 0 aromatic heterocycles. The third-order valence-electron chi connectivity index (χ3n) is 3.65. The summed E-state index contributed by atoms with van der Waals surface area (Å²) in [6.07, 6.45) is 2.43. The number of methoxy groups -OCH3 is 1. The molecule has 110 valence electrons. The zero-order valence-electron chi connectivity index (χ0n) is 12.2. The highest BCUT2D eigenvalue weighted by Crippen LogP contribution is 2.26. The molecule has 1 unspecified atom stereocenters. The normalized spacial score (nSPS) is 20.0. The van der Waals surface area contributed by atoms with E-state index in [1.807, 2.05) is 6.07 Å². The molecule has 0 radical (unpaired) electrons. The van der Waals surface area contributed by atoms with Crippen molar-refractivity contribution in [2.75, 3.05) is 20.2 Å². The Hall–Kier alpha value is -1.91. The molecule has 0 bridgehead atoms. The summed E-state index contributed by atoms with van der Waals surface area (Å²) >= 11 is 0. The van der Waals surface area contributed by atoms with Crippen LogP contribution in [0.2, 0.25) is 0 Å². The topological polar surface area (TPSA) is 71.1 Å². The Kier molecular flexibility index (Phi) is 4.71. The number of hydrogen-bond acceptors (Lipinski definition) is 3. The maximum absolute atomic E-state index is 9.72. The highest BCUT2D eigenvalue weighted by atomic mass is 16.5. The lowest BCUT2D eigenvalue weighted by Gasteiger charge is -2.31. The number of guanidine groups is 1. The van der Waals surface area contributed by atoms with Crippen LogP contribution >= 0.6 is 0 Å². The van der Waals surface area contributed by atoms with Crippen molar-refractivity contribution in [1.82, 2.24) is 4.90 Å². The van der Waals surface area contributed by atoms with Crippen LogP contribution in [0.4, 0.5) is 0 Å². The zero-order valence-corrected chi connectivity index (χ0v) is 12.2. The summed E-state index contributed by atoms with van der Waals surface area (Å²) < 4.78 is 5.01. The number of phenols is 1. The number of piperidine rings is 1. The molecule has 20 heavy (non-hydrogen) atoms. The molecule has 0 amide bonds.